The van der Waals surface area contributed by atoms with E-state index in [1.165, 1.54) is 6.07 Å². The number of nitro groups is 1. The standard InChI is InChI=1S/C13H18ClN3O2/c1-9-7-12(17(18)19)10(14)8-11(9)16-13(2)3-5-15-6-4-13/h7-8,15-16H,3-6H2,1-2H3. The molecule has 0 bridgehead atoms. The molecule has 1 aromatic carbocycles. The maximum absolute atomic E-state index is 10.8. The van der Waals surface area contributed by atoms with Gasteiger partial charge in [-0.3, -0.25) is 10.1 Å². The molecule has 1 aromatic rings. The summed E-state index contributed by atoms with van der Waals surface area (Å²) in [5.74, 6) is 0. The van der Waals surface area contributed by atoms with Crippen molar-refractivity contribution in [3.05, 3.63) is 32.8 Å². The average Bonchev–Trinajstić information content (AvgIpc) is 2.33. The van der Waals surface area contributed by atoms with E-state index in [2.05, 4.69) is 17.6 Å². The molecule has 6 heteroatoms. The lowest BCUT2D eigenvalue weighted by molar-refractivity contribution is -0.384. The molecule has 0 radical (unpaired) electrons. The second-order valence-electron chi connectivity index (χ2n) is 5.31. The lowest BCUT2D eigenvalue weighted by Gasteiger charge is -2.36. The van der Waals surface area contributed by atoms with E-state index >= 15 is 0 Å². The number of benzene rings is 1. The summed E-state index contributed by atoms with van der Waals surface area (Å²) >= 11 is 5.97. The van der Waals surface area contributed by atoms with Crippen LogP contribution in [0.25, 0.3) is 0 Å². The zero-order chi connectivity index (χ0) is 14.0. The second-order valence-corrected chi connectivity index (χ2v) is 5.72. The molecule has 1 fully saturated rings. The van der Waals surface area contributed by atoms with Gasteiger partial charge in [-0.2, -0.15) is 0 Å². The SMILES string of the molecule is Cc1cc([N+](=O)[O-])c(Cl)cc1NC1(C)CCNCC1. The van der Waals surface area contributed by atoms with Gasteiger partial charge in [-0.15, -0.1) is 0 Å². The number of nitrogens with one attached hydrogen (secondary N) is 2. The zero-order valence-corrected chi connectivity index (χ0v) is 11.9. The summed E-state index contributed by atoms with van der Waals surface area (Å²) in [4.78, 5) is 10.4. The van der Waals surface area contributed by atoms with E-state index in [9.17, 15) is 10.1 Å². The Morgan fingerprint density at radius 1 is 1.42 bits per heavy atom. The van der Waals surface area contributed by atoms with Crippen LogP contribution < -0.4 is 10.6 Å². The van der Waals surface area contributed by atoms with Crippen LogP contribution in [-0.4, -0.2) is 23.6 Å². The van der Waals surface area contributed by atoms with Crippen molar-refractivity contribution < 1.29 is 4.92 Å². The fraction of sp³-hybridized carbons (Fsp3) is 0.538. The molecule has 0 amide bonds. The van der Waals surface area contributed by atoms with E-state index in [4.69, 9.17) is 11.6 Å². The Labute approximate surface area is 117 Å². The maximum Gasteiger partial charge on any atom is 0.288 e. The minimum atomic E-state index is -0.453. The first kappa shape index (κ1) is 14.1. The van der Waals surface area contributed by atoms with Crippen molar-refractivity contribution in [1.29, 1.82) is 0 Å². The lowest BCUT2D eigenvalue weighted by atomic mass is 9.90. The van der Waals surface area contributed by atoms with E-state index in [1.807, 2.05) is 6.92 Å². The molecule has 0 aromatic heterocycles. The van der Waals surface area contributed by atoms with Crippen molar-refractivity contribution in [2.45, 2.75) is 32.2 Å². The van der Waals surface area contributed by atoms with Crippen LogP contribution in [0.4, 0.5) is 11.4 Å². The molecule has 5 nitrogen and oxygen atoms in total. The van der Waals surface area contributed by atoms with E-state index < -0.39 is 4.92 Å². The molecule has 1 heterocycles. The highest BCUT2D eigenvalue weighted by Crippen LogP contribution is 2.33. The number of hydrogen-bond donors (Lipinski definition) is 2. The Morgan fingerprint density at radius 3 is 2.63 bits per heavy atom. The molecular weight excluding hydrogens is 266 g/mol. The van der Waals surface area contributed by atoms with Crippen LogP contribution in [0.5, 0.6) is 0 Å². The van der Waals surface area contributed by atoms with Gasteiger partial charge in [0.15, 0.2) is 0 Å². The first-order valence-corrected chi connectivity index (χ1v) is 6.72. The van der Waals surface area contributed by atoms with Crippen LogP contribution in [-0.2, 0) is 0 Å². The van der Waals surface area contributed by atoms with E-state index in [-0.39, 0.29) is 16.2 Å². The van der Waals surface area contributed by atoms with Crippen LogP contribution in [0.15, 0.2) is 12.1 Å². The molecule has 0 atom stereocenters. The third-order valence-electron chi connectivity index (χ3n) is 3.63. The minimum absolute atomic E-state index is 0.00940. The van der Waals surface area contributed by atoms with E-state index in [0.29, 0.717) is 0 Å². The van der Waals surface area contributed by atoms with Crippen molar-refractivity contribution in [2.24, 2.45) is 0 Å². The monoisotopic (exact) mass is 283 g/mol. The highest BCUT2D eigenvalue weighted by Gasteiger charge is 2.27. The fourth-order valence-corrected chi connectivity index (χ4v) is 2.60. The molecule has 19 heavy (non-hydrogen) atoms. The van der Waals surface area contributed by atoms with Crippen LogP contribution in [0.2, 0.25) is 5.02 Å². The van der Waals surface area contributed by atoms with Crippen LogP contribution in [0, 0.1) is 17.0 Å². The molecule has 0 saturated carbocycles. The fourth-order valence-electron chi connectivity index (χ4n) is 2.37. The molecule has 1 aliphatic heterocycles. The van der Waals surface area contributed by atoms with Crippen LogP contribution >= 0.6 is 11.6 Å². The summed E-state index contributed by atoms with van der Waals surface area (Å²) in [5, 5.41) is 17.8. The summed E-state index contributed by atoms with van der Waals surface area (Å²) in [6, 6.07) is 3.18. The number of rotatable bonds is 3. The van der Waals surface area contributed by atoms with Crippen LogP contribution in [0.3, 0.4) is 0 Å². The normalized spacial score (nSPS) is 18.1. The smallest absolute Gasteiger partial charge is 0.288 e. The summed E-state index contributed by atoms with van der Waals surface area (Å²) in [6.45, 7) is 5.98. The van der Waals surface area contributed by atoms with Gasteiger partial charge in [0, 0.05) is 17.3 Å². The van der Waals surface area contributed by atoms with Gasteiger partial charge in [0.25, 0.3) is 5.69 Å². The largest absolute Gasteiger partial charge is 0.380 e. The number of halogens is 1. The molecule has 1 aliphatic rings. The van der Waals surface area contributed by atoms with Gasteiger partial charge in [-0.25, -0.2) is 0 Å². The van der Waals surface area contributed by atoms with Crippen molar-refractivity contribution in [3.8, 4) is 0 Å². The van der Waals surface area contributed by atoms with Crippen molar-refractivity contribution in [3.63, 3.8) is 0 Å². The number of anilines is 1. The van der Waals surface area contributed by atoms with Gasteiger partial charge in [0.1, 0.15) is 5.02 Å². The highest BCUT2D eigenvalue weighted by atomic mass is 35.5. The molecule has 2 rings (SSSR count). The van der Waals surface area contributed by atoms with Gasteiger partial charge < -0.3 is 10.6 Å². The topological polar surface area (TPSA) is 67.2 Å². The quantitative estimate of drug-likeness (QED) is 0.661. The Bertz CT molecular complexity index is 499. The minimum Gasteiger partial charge on any atom is -0.380 e. The second kappa shape index (κ2) is 5.35. The third kappa shape index (κ3) is 3.16. The molecule has 0 unspecified atom stereocenters. The number of nitrogens with zero attached hydrogens (tertiary/aromatic N) is 1. The molecule has 104 valence electrons. The summed E-state index contributed by atoms with van der Waals surface area (Å²) in [7, 11) is 0. The van der Waals surface area contributed by atoms with Crippen LogP contribution in [0.1, 0.15) is 25.3 Å². The number of hydrogen-bond acceptors (Lipinski definition) is 4. The Hall–Kier alpha value is -1.33. The first-order valence-electron chi connectivity index (χ1n) is 6.35. The maximum atomic E-state index is 10.8. The van der Waals surface area contributed by atoms with Crippen molar-refractivity contribution in [1.82, 2.24) is 5.32 Å². The molecule has 0 aliphatic carbocycles. The molecule has 0 spiro atoms. The Morgan fingerprint density at radius 2 is 2.05 bits per heavy atom. The average molecular weight is 284 g/mol. The number of piperidine rings is 1. The van der Waals surface area contributed by atoms with Crippen molar-refractivity contribution >= 4 is 23.0 Å². The molecule has 1 saturated heterocycles. The van der Waals surface area contributed by atoms with E-state index in [0.717, 1.165) is 37.2 Å². The Balaban J connectivity index is 2.25. The predicted octanol–water partition coefficient (Wildman–Crippen LogP) is 3.11. The summed E-state index contributed by atoms with van der Waals surface area (Å²) in [5.41, 5.74) is 1.69. The van der Waals surface area contributed by atoms with Gasteiger partial charge in [0.05, 0.1) is 4.92 Å². The summed E-state index contributed by atoms with van der Waals surface area (Å²) < 4.78 is 0. The Kier molecular flexibility index (Phi) is 3.96. The highest BCUT2D eigenvalue weighted by molar-refractivity contribution is 6.33. The summed E-state index contributed by atoms with van der Waals surface area (Å²) in [6.07, 6.45) is 2.03. The molecule has 2 N–H and O–H groups in total. The zero-order valence-electron chi connectivity index (χ0n) is 11.1. The molecular formula is C13H18ClN3O2. The number of aryl methyl sites for hydroxylation is 1. The van der Waals surface area contributed by atoms with Gasteiger partial charge >= 0.3 is 0 Å². The third-order valence-corrected chi connectivity index (χ3v) is 3.94. The van der Waals surface area contributed by atoms with Gasteiger partial charge in [-0.1, -0.05) is 11.6 Å². The predicted molar refractivity (Wildman–Crippen MR) is 77.0 cm³/mol. The van der Waals surface area contributed by atoms with E-state index in [1.54, 1.807) is 6.07 Å². The van der Waals surface area contributed by atoms with Gasteiger partial charge in [0.2, 0.25) is 0 Å². The number of nitro benzene ring substituents is 1. The van der Waals surface area contributed by atoms with Gasteiger partial charge in [-0.05, 0) is 51.4 Å². The lowest BCUT2D eigenvalue weighted by Crippen LogP contribution is -2.45. The first-order chi connectivity index (χ1) is 8.91. The van der Waals surface area contributed by atoms with Crippen molar-refractivity contribution in [2.75, 3.05) is 18.4 Å².